The predicted octanol–water partition coefficient (Wildman–Crippen LogP) is 1.55. The van der Waals surface area contributed by atoms with E-state index in [4.69, 9.17) is 9.47 Å². The lowest BCUT2D eigenvalue weighted by Crippen LogP contribution is -2.26. The van der Waals surface area contributed by atoms with E-state index in [-0.39, 0.29) is 12.0 Å². The van der Waals surface area contributed by atoms with Gasteiger partial charge >= 0.3 is 0 Å². The van der Waals surface area contributed by atoms with Crippen LogP contribution in [0.5, 0.6) is 5.88 Å². The highest BCUT2D eigenvalue weighted by Gasteiger charge is 2.18. The van der Waals surface area contributed by atoms with Gasteiger partial charge in [-0.05, 0) is 18.2 Å². The van der Waals surface area contributed by atoms with Crippen LogP contribution in [0.2, 0.25) is 0 Å². The van der Waals surface area contributed by atoms with E-state index in [1.54, 1.807) is 18.3 Å². The largest absolute Gasteiger partial charge is 0.472 e. The van der Waals surface area contributed by atoms with Crippen LogP contribution in [-0.2, 0) is 11.2 Å². The number of hydrogen-bond donors (Lipinski definition) is 2. The third-order valence-electron chi connectivity index (χ3n) is 3.51. The quantitative estimate of drug-likeness (QED) is 0.849. The number of aromatic nitrogens is 2. The smallest absolute Gasteiger partial charge is 0.251 e. The molecule has 2 aromatic heterocycles. The van der Waals surface area contributed by atoms with E-state index < -0.39 is 0 Å². The van der Waals surface area contributed by atoms with Crippen LogP contribution in [0.4, 0.5) is 0 Å². The van der Waals surface area contributed by atoms with E-state index in [9.17, 15) is 4.79 Å². The number of pyridine rings is 1. The first-order chi connectivity index (χ1) is 10.8. The van der Waals surface area contributed by atoms with Crippen molar-refractivity contribution < 1.29 is 14.3 Å². The average molecular weight is 301 g/mol. The van der Waals surface area contributed by atoms with Gasteiger partial charge in [0.25, 0.3) is 5.91 Å². The molecule has 0 unspecified atom stereocenters. The van der Waals surface area contributed by atoms with Crippen molar-refractivity contribution in [3.8, 4) is 5.88 Å². The second-order valence-electron chi connectivity index (χ2n) is 5.19. The lowest BCUT2D eigenvalue weighted by molar-refractivity contribution is 0.0952. The van der Waals surface area contributed by atoms with Gasteiger partial charge in [0.05, 0.1) is 13.2 Å². The topological polar surface area (TPSA) is 76.2 Å². The van der Waals surface area contributed by atoms with Gasteiger partial charge in [0.1, 0.15) is 6.10 Å². The van der Waals surface area contributed by atoms with Crippen molar-refractivity contribution in [2.45, 2.75) is 18.9 Å². The molecule has 6 nitrogen and oxygen atoms in total. The third kappa shape index (κ3) is 3.85. The molecule has 0 radical (unpaired) electrons. The molecule has 0 bridgehead atoms. The molecular formula is C16H19N3O3. The predicted molar refractivity (Wildman–Crippen MR) is 80.9 cm³/mol. The second kappa shape index (κ2) is 7.09. The van der Waals surface area contributed by atoms with Crippen LogP contribution in [0.25, 0.3) is 0 Å². The Morgan fingerprint density at radius 1 is 1.50 bits per heavy atom. The Bertz CT molecular complexity index is 607. The van der Waals surface area contributed by atoms with Gasteiger partial charge in [0.15, 0.2) is 0 Å². The van der Waals surface area contributed by atoms with E-state index in [2.05, 4.69) is 15.3 Å². The fourth-order valence-electron chi connectivity index (χ4n) is 2.33. The minimum atomic E-state index is -0.124. The van der Waals surface area contributed by atoms with Crippen molar-refractivity contribution in [1.29, 1.82) is 0 Å². The molecule has 1 atom stereocenters. The maximum Gasteiger partial charge on any atom is 0.251 e. The van der Waals surface area contributed by atoms with Gasteiger partial charge in [-0.15, -0.1) is 0 Å². The summed E-state index contributed by atoms with van der Waals surface area (Å²) >= 11 is 0. The van der Waals surface area contributed by atoms with Crippen molar-refractivity contribution in [2.75, 3.05) is 19.8 Å². The first kappa shape index (κ1) is 14.6. The van der Waals surface area contributed by atoms with Gasteiger partial charge in [-0.3, -0.25) is 4.79 Å². The van der Waals surface area contributed by atoms with Crippen molar-refractivity contribution in [2.24, 2.45) is 0 Å². The third-order valence-corrected chi connectivity index (χ3v) is 3.51. The standard InChI is InChI=1S/C16H19N3O3/c20-16(19-8-4-13-2-1-6-17-13)12-3-7-18-15(10-12)22-14-5-9-21-11-14/h1-3,6-7,10,14,17H,4-5,8-9,11H2,(H,19,20)/t14-/m1/s1. The van der Waals surface area contributed by atoms with E-state index in [1.165, 1.54) is 0 Å². The number of rotatable bonds is 6. The Labute approximate surface area is 128 Å². The number of amides is 1. The Hall–Kier alpha value is -2.34. The molecule has 116 valence electrons. The highest BCUT2D eigenvalue weighted by Crippen LogP contribution is 2.15. The van der Waals surface area contributed by atoms with E-state index in [0.717, 1.165) is 18.5 Å². The molecule has 6 heteroatoms. The Balaban J connectivity index is 1.52. The van der Waals surface area contributed by atoms with Gasteiger partial charge in [0, 0.05) is 49.1 Å². The summed E-state index contributed by atoms with van der Waals surface area (Å²) in [5, 5.41) is 2.89. The van der Waals surface area contributed by atoms with Crippen LogP contribution in [0.1, 0.15) is 22.5 Å². The Kier molecular flexibility index (Phi) is 4.70. The normalized spacial score (nSPS) is 17.4. The van der Waals surface area contributed by atoms with Crippen LogP contribution >= 0.6 is 0 Å². The molecule has 22 heavy (non-hydrogen) atoms. The van der Waals surface area contributed by atoms with Crippen LogP contribution in [-0.4, -0.2) is 41.7 Å². The van der Waals surface area contributed by atoms with Crippen molar-refractivity contribution in [3.63, 3.8) is 0 Å². The van der Waals surface area contributed by atoms with Crippen molar-refractivity contribution in [3.05, 3.63) is 47.9 Å². The van der Waals surface area contributed by atoms with Gasteiger partial charge in [-0.2, -0.15) is 0 Å². The zero-order chi connectivity index (χ0) is 15.2. The fraction of sp³-hybridized carbons (Fsp3) is 0.375. The Morgan fingerprint density at radius 2 is 2.45 bits per heavy atom. The first-order valence-electron chi connectivity index (χ1n) is 7.42. The van der Waals surface area contributed by atoms with Gasteiger partial charge in [-0.1, -0.05) is 0 Å². The van der Waals surface area contributed by atoms with Crippen LogP contribution in [0.15, 0.2) is 36.7 Å². The lowest BCUT2D eigenvalue weighted by atomic mass is 10.2. The zero-order valence-corrected chi connectivity index (χ0v) is 12.2. The van der Waals surface area contributed by atoms with E-state index in [1.807, 2.05) is 18.3 Å². The SMILES string of the molecule is O=C(NCCc1ccc[nH]1)c1ccnc(O[C@@H]2CCOC2)c1. The number of aromatic amines is 1. The number of ether oxygens (including phenoxy) is 2. The summed E-state index contributed by atoms with van der Waals surface area (Å²) in [6, 6.07) is 7.29. The van der Waals surface area contributed by atoms with Crippen molar-refractivity contribution >= 4 is 5.91 Å². The number of carbonyl (C=O) groups is 1. The van der Waals surface area contributed by atoms with E-state index in [0.29, 0.717) is 31.2 Å². The number of hydrogen-bond acceptors (Lipinski definition) is 4. The monoisotopic (exact) mass is 301 g/mol. The van der Waals surface area contributed by atoms with Gasteiger partial charge < -0.3 is 19.8 Å². The molecule has 1 amide bonds. The average Bonchev–Trinajstić information content (AvgIpc) is 3.21. The van der Waals surface area contributed by atoms with Crippen LogP contribution < -0.4 is 10.1 Å². The molecule has 0 aromatic carbocycles. The molecule has 2 aromatic rings. The van der Waals surface area contributed by atoms with Crippen LogP contribution in [0, 0.1) is 0 Å². The van der Waals surface area contributed by atoms with E-state index >= 15 is 0 Å². The maximum atomic E-state index is 12.1. The van der Waals surface area contributed by atoms with Gasteiger partial charge in [0.2, 0.25) is 5.88 Å². The molecule has 3 heterocycles. The number of carbonyl (C=O) groups excluding carboxylic acids is 1. The molecule has 2 N–H and O–H groups in total. The van der Waals surface area contributed by atoms with Crippen molar-refractivity contribution in [1.82, 2.24) is 15.3 Å². The molecule has 0 aliphatic carbocycles. The second-order valence-corrected chi connectivity index (χ2v) is 5.19. The minimum Gasteiger partial charge on any atom is -0.472 e. The van der Waals surface area contributed by atoms with Crippen LogP contribution in [0.3, 0.4) is 0 Å². The summed E-state index contributed by atoms with van der Waals surface area (Å²) in [7, 11) is 0. The molecule has 0 spiro atoms. The number of nitrogens with zero attached hydrogens (tertiary/aromatic N) is 1. The summed E-state index contributed by atoms with van der Waals surface area (Å²) in [5.41, 5.74) is 1.65. The number of H-pyrrole nitrogens is 1. The summed E-state index contributed by atoms with van der Waals surface area (Å²) in [6.07, 6.45) is 5.11. The molecule has 3 rings (SSSR count). The molecule has 1 fully saturated rings. The zero-order valence-electron chi connectivity index (χ0n) is 12.2. The number of nitrogens with one attached hydrogen (secondary N) is 2. The summed E-state index contributed by atoms with van der Waals surface area (Å²) in [5.74, 6) is 0.342. The Morgan fingerprint density at radius 3 is 3.23 bits per heavy atom. The molecular weight excluding hydrogens is 282 g/mol. The first-order valence-corrected chi connectivity index (χ1v) is 7.42. The maximum absolute atomic E-state index is 12.1. The fourth-order valence-corrected chi connectivity index (χ4v) is 2.33. The lowest BCUT2D eigenvalue weighted by Gasteiger charge is -2.11. The molecule has 1 aliphatic heterocycles. The highest BCUT2D eigenvalue weighted by atomic mass is 16.5. The highest BCUT2D eigenvalue weighted by molar-refractivity contribution is 5.94. The van der Waals surface area contributed by atoms with Gasteiger partial charge in [-0.25, -0.2) is 4.98 Å². The molecule has 1 saturated heterocycles. The summed E-state index contributed by atoms with van der Waals surface area (Å²) in [4.78, 5) is 19.4. The summed E-state index contributed by atoms with van der Waals surface area (Å²) < 4.78 is 11.0. The molecule has 0 saturated carbocycles. The summed E-state index contributed by atoms with van der Waals surface area (Å²) in [6.45, 7) is 1.87. The molecule has 1 aliphatic rings. The minimum absolute atomic E-state index is 0.0266.